The molecule has 0 spiro atoms. The molecule has 1 aromatic heterocycles. The number of hydrogen-bond acceptors (Lipinski definition) is 4. The van der Waals surface area contributed by atoms with Gasteiger partial charge in [-0.05, 0) is 11.5 Å². The highest BCUT2D eigenvalue weighted by atomic mass is 32.1. The Kier molecular flexibility index (Phi) is 4.33. The molecule has 3 N–H and O–H groups in total. The lowest BCUT2D eigenvalue weighted by atomic mass is 11.1. The van der Waals surface area contributed by atoms with Gasteiger partial charge in [0.25, 0.3) is 0 Å². The molecule has 1 amide bonds. The maximum absolute atomic E-state index is 8.78. The molecule has 0 aliphatic rings. The largest absolute Gasteiger partial charge is 0.465 e. The minimum Gasteiger partial charge on any atom is -0.465 e. The second-order valence-corrected chi connectivity index (χ2v) is 1.57. The van der Waals surface area contributed by atoms with Crippen LogP contribution < -0.4 is 5.73 Å². The predicted molar refractivity (Wildman–Crippen MR) is 32.1 cm³/mol. The third kappa shape index (κ3) is 10.9. The van der Waals surface area contributed by atoms with Crippen molar-refractivity contribution >= 4 is 17.6 Å². The van der Waals surface area contributed by atoms with Gasteiger partial charge in [0.2, 0.25) is 0 Å². The third-order valence-corrected chi connectivity index (χ3v) is 0.715. The van der Waals surface area contributed by atoms with E-state index < -0.39 is 6.09 Å². The third-order valence-electron chi connectivity index (χ3n) is 0.283. The summed E-state index contributed by atoms with van der Waals surface area (Å²) in [4.78, 5) is 8.78. The van der Waals surface area contributed by atoms with Gasteiger partial charge in [0.15, 0.2) is 0 Å². The van der Waals surface area contributed by atoms with Gasteiger partial charge in [-0.25, -0.2) is 4.79 Å². The van der Waals surface area contributed by atoms with Crippen LogP contribution in [0, 0.1) is 0 Å². The lowest BCUT2D eigenvalue weighted by Crippen LogP contribution is -2.03. The molecule has 1 rings (SSSR count). The van der Waals surface area contributed by atoms with Crippen LogP contribution in [-0.2, 0) is 0 Å². The molecule has 6 heteroatoms. The molecular formula is C3H5N3O2S. The second-order valence-electron chi connectivity index (χ2n) is 0.926. The summed E-state index contributed by atoms with van der Waals surface area (Å²) < 4.78 is 3.51. The quantitative estimate of drug-likeness (QED) is 0.547. The van der Waals surface area contributed by atoms with Gasteiger partial charge in [0, 0.05) is 5.38 Å². The second kappa shape index (κ2) is 4.98. The summed E-state index contributed by atoms with van der Waals surface area (Å²) in [6.45, 7) is 0. The van der Waals surface area contributed by atoms with Crippen molar-refractivity contribution in [2.75, 3.05) is 0 Å². The van der Waals surface area contributed by atoms with Gasteiger partial charge < -0.3 is 10.8 Å². The first kappa shape index (κ1) is 7.83. The summed E-state index contributed by atoms with van der Waals surface area (Å²) >= 11 is 1.35. The number of rotatable bonds is 0. The Bertz CT molecular complexity index is 131. The van der Waals surface area contributed by atoms with Gasteiger partial charge in [-0.3, -0.25) is 0 Å². The molecule has 0 saturated carbocycles. The van der Waals surface area contributed by atoms with Crippen LogP contribution in [0.5, 0.6) is 0 Å². The maximum Gasteiger partial charge on any atom is 0.402 e. The summed E-state index contributed by atoms with van der Waals surface area (Å²) in [6, 6.07) is 0. The number of hydrogen-bond donors (Lipinski definition) is 2. The normalized spacial score (nSPS) is 7.11. The molecule has 9 heavy (non-hydrogen) atoms. The van der Waals surface area contributed by atoms with Crippen molar-refractivity contribution in [2.45, 2.75) is 0 Å². The van der Waals surface area contributed by atoms with E-state index in [0.717, 1.165) is 0 Å². The average molecular weight is 147 g/mol. The van der Waals surface area contributed by atoms with Crippen molar-refractivity contribution < 1.29 is 9.90 Å². The number of nitrogens with two attached hydrogens (primary N) is 1. The van der Waals surface area contributed by atoms with E-state index in [-0.39, 0.29) is 0 Å². The zero-order chi connectivity index (χ0) is 7.11. The van der Waals surface area contributed by atoms with Gasteiger partial charge in [-0.2, -0.15) is 0 Å². The van der Waals surface area contributed by atoms with E-state index in [4.69, 9.17) is 9.90 Å². The number of primary amides is 1. The number of amides is 1. The molecule has 0 radical (unpaired) electrons. The lowest BCUT2D eigenvalue weighted by Gasteiger charge is -1.61. The molecule has 0 atom stereocenters. The Morgan fingerprint density at radius 1 is 1.78 bits per heavy atom. The summed E-state index contributed by atoms with van der Waals surface area (Å²) in [7, 11) is 0. The van der Waals surface area contributed by atoms with Crippen LogP contribution in [0.25, 0.3) is 0 Å². The summed E-state index contributed by atoms with van der Waals surface area (Å²) in [5.74, 6) is 0. The van der Waals surface area contributed by atoms with Crippen molar-refractivity contribution in [2.24, 2.45) is 5.73 Å². The Balaban J connectivity index is 0.000000148. The molecule has 0 aromatic carbocycles. The number of carbonyl (C=O) groups is 1. The first-order chi connectivity index (χ1) is 4.23. The van der Waals surface area contributed by atoms with Crippen LogP contribution >= 0.6 is 11.5 Å². The zero-order valence-corrected chi connectivity index (χ0v) is 5.21. The van der Waals surface area contributed by atoms with E-state index in [1.807, 2.05) is 5.38 Å². The Labute approximate surface area is 55.3 Å². The molecule has 0 saturated heterocycles. The summed E-state index contributed by atoms with van der Waals surface area (Å²) in [6.07, 6.45) is 0.324. The van der Waals surface area contributed by atoms with Crippen molar-refractivity contribution in [3.05, 3.63) is 11.6 Å². The Morgan fingerprint density at radius 2 is 2.33 bits per heavy atom. The maximum atomic E-state index is 8.78. The van der Waals surface area contributed by atoms with Crippen molar-refractivity contribution in [3.63, 3.8) is 0 Å². The smallest absolute Gasteiger partial charge is 0.402 e. The lowest BCUT2D eigenvalue weighted by molar-refractivity contribution is 0.205. The fourth-order valence-corrected chi connectivity index (χ4v) is 0.408. The van der Waals surface area contributed by atoms with E-state index >= 15 is 0 Å². The first-order valence-electron chi connectivity index (χ1n) is 1.93. The average Bonchev–Trinajstić information content (AvgIpc) is 2.11. The number of aromatic nitrogens is 2. The van der Waals surface area contributed by atoms with Crippen LogP contribution in [0.4, 0.5) is 4.79 Å². The van der Waals surface area contributed by atoms with Crippen molar-refractivity contribution in [1.29, 1.82) is 0 Å². The Hall–Kier alpha value is -1.17. The van der Waals surface area contributed by atoms with Gasteiger partial charge in [-0.1, -0.05) is 4.49 Å². The molecular weight excluding hydrogens is 142 g/mol. The van der Waals surface area contributed by atoms with Gasteiger partial charge in [0.05, 0.1) is 6.20 Å². The summed E-state index contributed by atoms with van der Waals surface area (Å²) in [5, 5.41) is 12.5. The Morgan fingerprint density at radius 3 is 2.44 bits per heavy atom. The number of nitrogens with zero attached hydrogens (tertiary/aromatic N) is 2. The molecule has 0 aliphatic carbocycles. The highest BCUT2D eigenvalue weighted by Gasteiger charge is 1.65. The highest BCUT2D eigenvalue weighted by molar-refractivity contribution is 7.03. The van der Waals surface area contributed by atoms with Gasteiger partial charge in [0.1, 0.15) is 0 Å². The molecule has 1 aromatic rings. The van der Waals surface area contributed by atoms with Crippen LogP contribution in [0.3, 0.4) is 0 Å². The van der Waals surface area contributed by atoms with Crippen LogP contribution in [0.2, 0.25) is 0 Å². The zero-order valence-electron chi connectivity index (χ0n) is 4.39. The SMILES string of the molecule is NC(=O)O.c1csnn1. The minimum atomic E-state index is -1.33. The monoisotopic (exact) mass is 147 g/mol. The van der Waals surface area contributed by atoms with Crippen LogP contribution in [-0.4, -0.2) is 20.8 Å². The predicted octanol–water partition coefficient (Wildman–Crippen LogP) is 0.161. The molecule has 0 unspecified atom stereocenters. The first-order valence-corrected chi connectivity index (χ1v) is 2.76. The molecule has 1 heterocycles. The van der Waals surface area contributed by atoms with Crippen LogP contribution in [0.15, 0.2) is 11.6 Å². The molecule has 5 nitrogen and oxygen atoms in total. The fourth-order valence-electron chi connectivity index (χ4n) is 0.136. The van der Waals surface area contributed by atoms with E-state index in [1.165, 1.54) is 11.5 Å². The molecule has 0 bridgehead atoms. The van der Waals surface area contributed by atoms with E-state index in [2.05, 4.69) is 15.3 Å². The fraction of sp³-hybridized carbons (Fsp3) is 0. The van der Waals surface area contributed by atoms with Gasteiger partial charge >= 0.3 is 6.09 Å². The van der Waals surface area contributed by atoms with Crippen LogP contribution in [0.1, 0.15) is 0 Å². The van der Waals surface area contributed by atoms with Gasteiger partial charge in [-0.15, -0.1) is 5.10 Å². The molecule has 50 valence electrons. The highest BCUT2D eigenvalue weighted by Crippen LogP contribution is 1.78. The van der Waals surface area contributed by atoms with Crippen molar-refractivity contribution in [3.8, 4) is 0 Å². The molecule has 0 aliphatic heterocycles. The van der Waals surface area contributed by atoms with E-state index in [0.29, 0.717) is 0 Å². The molecule has 0 fully saturated rings. The topological polar surface area (TPSA) is 89.1 Å². The van der Waals surface area contributed by atoms with E-state index in [9.17, 15) is 0 Å². The number of carboxylic acid groups (broad SMARTS) is 1. The minimum absolute atomic E-state index is 1.33. The van der Waals surface area contributed by atoms with E-state index in [1.54, 1.807) is 6.20 Å². The standard InChI is InChI=1S/C2H2N2S.CH3NO2/c1-2-5-4-3-1;2-1(3)4/h1-2H;2H2,(H,3,4). The summed E-state index contributed by atoms with van der Waals surface area (Å²) in [5.41, 5.74) is 4.03. The van der Waals surface area contributed by atoms with Crippen molar-refractivity contribution in [1.82, 2.24) is 9.59 Å².